The molecule has 0 saturated heterocycles. The maximum atomic E-state index is 5.11. The zero-order chi connectivity index (χ0) is 7.68. The average molecular weight is 150 g/mol. The van der Waals surface area contributed by atoms with Crippen LogP contribution in [0.1, 0.15) is 5.89 Å². The number of hydrogen-bond acceptors (Lipinski definition) is 4. The minimum atomic E-state index is 0.424. The molecule has 0 radical (unpaired) electrons. The van der Waals surface area contributed by atoms with Crippen LogP contribution in [0.2, 0.25) is 0 Å². The van der Waals surface area contributed by atoms with Gasteiger partial charge in [-0.3, -0.25) is 0 Å². The van der Waals surface area contributed by atoms with Crippen LogP contribution in [0, 0.1) is 6.92 Å². The van der Waals surface area contributed by atoms with E-state index < -0.39 is 0 Å². The molecule has 0 unspecified atom stereocenters. The molecule has 2 rings (SSSR count). The molecule has 0 saturated carbocycles. The van der Waals surface area contributed by atoms with Gasteiger partial charge in [0.1, 0.15) is 0 Å². The highest BCUT2D eigenvalue weighted by molar-refractivity contribution is 5.37. The first-order valence-corrected chi connectivity index (χ1v) is 3.16. The predicted molar refractivity (Wildman–Crippen MR) is 36.6 cm³/mol. The third kappa shape index (κ3) is 1.000. The largest absolute Gasteiger partial charge is 0.419 e. The van der Waals surface area contributed by atoms with Gasteiger partial charge in [0, 0.05) is 19.3 Å². The molecule has 0 aliphatic carbocycles. The van der Waals surface area contributed by atoms with Crippen LogP contribution in [-0.2, 0) is 0 Å². The highest BCUT2D eigenvalue weighted by atomic mass is 16.4. The molecule has 0 aliphatic heterocycles. The number of nitrogens with one attached hydrogen (secondary N) is 1. The van der Waals surface area contributed by atoms with Crippen molar-refractivity contribution < 1.29 is 4.42 Å². The van der Waals surface area contributed by atoms with Crippen LogP contribution >= 0.6 is 0 Å². The second-order valence-corrected chi connectivity index (χ2v) is 2.06. The number of rotatable bonds is 1. The molecule has 0 atom stereocenters. The minimum absolute atomic E-state index is 0.424. The molecule has 56 valence electrons. The monoisotopic (exact) mass is 150 g/mol. The van der Waals surface area contributed by atoms with Crippen LogP contribution in [0.4, 0.5) is 0 Å². The lowest BCUT2D eigenvalue weighted by molar-refractivity contribution is 0.529. The molecule has 0 aromatic carbocycles. The number of aromatic amines is 1. The summed E-state index contributed by atoms with van der Waals surface area (Å²) in [5.74, 6) is 1.56. The van der Waals surface area contributed by atoms with Crippen molar-refractivity contribution in [1.82, 2.24) is 20.2 Å². The van der Waals surface area contributed by atoms with Crippen molar-refractivity contribution in [2.45, 2.75) is 6.92 Å². The lowest BCUT2D eigenvalue weighted by Gasteiger charge is -1.82. The van der Waals surface area contributed by atoms with Crippen LogP contribution in [0.3, 0.4) is 0 Å². The number of imidazole rings is 1. The zero-order valence-electron chi connectivity index (χ0n) is 5.90. The summed E-state index contributed by atoms with van der Waals surface area (Å²) in [4.78, 5) is 6.81. The Morgan fingerprint density at radius 3 is 2.91 bits per heavy atom. The standard InChI is InChI=1S/C6H6N4O/c1-4-9-10-6(11-4)5-7-2-3-8-5/h2-3H,1H3,(H,7,8). The summed E-state index contributed by atoms with van der Waals surface area (Å²) < 4.78 is 5.11. The first-order chi connectivity index (χ1) is 5.36. The number of H-pyrrole nitrogens is 1. The van der Waals surface area contributed by atoms with Crippen LogP contribution in [-0.4, -0.2) is 20.2 Å². The summed E-state index contributed by atoms with van der Waals surface area (Å²) in [6, 6.07) is 0. The van der Waals surface area contributed by atoms with Crippen LogP contribution in [0.15, 0.2) is 16.8 Å². The number of nitrogens with zero attached hydrogens (tertiary/aromatic N) is 3. The van der Waals surface area contributed by atoms with Crippen molar-refractivity contribution in [2.24, 2.45) is 0 Å². The van der Waals surface area contributed by atoms with E-state index >= 15 is 0 Å². The normalized spacial score (nSPS) is 10.3. The van der Waals surface area contributed by atoms with Gasteiger partial charge in [-0.2, -0.15) is 0 Å². The fourth-order valence-corrected chi connectivity index (χ4v) is 0.774. The average Bonchev–Trinajstić information content (AvgIpc) is 2.55. The molecule has 5 heteroatoms. The Kier molecular flexibility index (Phi) is 1.21. The summed E-state index contributed by atoms with van der Waals surface area (Å²) >= 11 is 0. The van der Waals surface area contributed by atoms with E-state index in [4.69, 9.17) is 4.42 Å². The molecule has 0 bridgehead atoms. The molecule has 2 heterocycles. The zero-order valence-corrected chi connectivity index (χ0v) is 5.90. The van der Waals surface area contributed by atoms with Gasteiger partial charge in [0.2, 0.25) is 5.89 Å². The lowest BCUT2D eigenvalue weighted by Crippen LogP contribution is -1.78. The molecule has 0 fully saturated rings. The van der Waals surface area contributed by atoms with Gasteiger partial charge in [0.15, 0.2) is 5.82 Å². The lowest BCUT2D eigenvalue weighted by atomic mass is 10.6. The van der Waals surface area contributed by atoms with E-state index in [0.29, 0.717) is 17.6 Å². The molecule has 5 nitrogen and oxygen atoms in total. The van der Waals surface area contributed by atoms with E-state index in [1.165, 1.54) is 0 Å². The third-order valence-corrected chi connectivity index (χ3v) is 1.23. The Balaban J connectivity index is 2.45. The van der Waals surface area contributed by atoms with E-state index in [9.17, 15) is 0 Å². The van der Waals surface area contributed by atoms with Crippen molar-refractivity contribution in [1.29, 1.82) is 0 Å². The van der Waals surface area contributed by atoms with Crippen LogP contribution in [0.25, 0.3) is 11.7 Å². The maximum absolute atomic E-state index is 5.11. The van der Waals surface area contributed by atoms with Gasteiger partial charge >= 0.3 is 0 Å². The Morgan fingerprint density at radius 2 is 2.36 bits per heavy atom. The van der Waals surface area contributed by atoms with Gasteiger partial charge in [0.05, 0.1) is 0 Å². The minimum Gasteiger partial charge on any atom is -0.419 e. The van der Waals surface area contributed by atoms with Crippen LogP contribution in [0.5, 0.6) is 0 Å². The quantitative estimate of drug-likeness (QED) is 0.651. The van der Waals surface area contributed by atoms with Gasteiger partial charge in [0.25, 0.3) is 5.89 Å². The SMILES string of the molecule is Cc1nnc(-c2ncc[nH]2)o1. The van der Waals surface area contributed by atoms with Gasteiger partial charge in [-0.1, -0.05) is 0 Å². The van der Waals surface area contributed by atoms with E-state index in [-0.39, 0.29) is 0 Å². The van der Waals surface area contributed by atoms with Crippen molar-refractivity contribution in [3.63, 3.8) is 0 Å². The molecule has 11 heavy (non-hydrogen) atoms. The highest BCUT2D eigenvalue weighted by Gasteiger charge is 2.06. The van der Waals surface area contributed by atoms with Crippen LogP contribution < -0.4 is 0 Å². The first kappa shape index (κ1) is 6.09. The molecule has 0 amide bonds. The number of hydrogen-bond donors (Lipinski definition) is 1. The predicted octanol–water partition coefficient (Wildman–Crippen LogP) is 0.768. The topological polar surface area (TPSA) is 67.6 Å². The summed E-state index contributed by atoms with van der Waals surface area (Å²) in [6.45, 7) is 1.74. The smallest absolute Gasteiger partial charge is 0.283 e. The van der Waals surface area contributed by atoms with E-state index in [1.54, 1.807) is 19.3 Å². The Bertz CT molecular complexity index is 337. The number of aryl methyl sites for hydroxylation is 1. The van der Waals surface area contributed by atoms with Crippen molar-refractivity contribution in [3.8, 4) is 11.7 Å². The van der Waals surface area contributed by atoms with E-state index in [0.717, 1.165) is 0 Å². The number of aromatic nitrogens is 4. The second-order valence-electron chi connectivity index (χ2n) is 2.06. The van der Waals surface area contributed by atoms with Gasteiger partial charge < -0.3 is 9.40 Å². The Hall–Kier alpha value is -1.65. The summed E-state index contributed by atoms with van der Waals surface area (Å²) in [7, 11) is 0. The summed E-state index contributed by atoms with van der Waals surface area (Å²) in [6.07, 6.45) is 3.34. The molecule has 2 aromatic heterocycles. The second kappa shape index (κ2) is 2.19. The summed E-state index contributed by atoms with van der Waals surface area (Å²) in [5, 5.41) is 7.44. The molecular weight excluding hydrogens is 144 g/mol. The Morgan fingerprint density at radius 1 is 1.45 bits per heavy atom. The van der Waals surface area contributed by atoms with Crippen molar-refractivity contribution >= 4 is 0 Å². The molecule has 1 N–H and O–H groups in total. The molecule has 2 aromatic rings. The summed E-state index contributed by atoms with van der Waals surface area (Å²) in [5.41, 5.74) is 0. The van der Waals surface area contributed by atoms with Gasteiger partial charge in [-0.05, 0) is 0 Å². The molecular formula is C6H6N4O. The fourth-order valence-electron chi connectivity index (χ4n) is 0.774. The van der Waals surface area contributed by atoms with E-state index in [2.05, 4.69) is 20.2 Å². The first-order valence-electron chi connectivity index (χ1n) is 3.16. The molecule has 0 aliphatic rings. The van der Waals surface area contributed by atoms with Gasteiger partial charge in [-0.25, -0.2) is 4.98 Å². The van der Waals surface area contributed by atoms with Gasteiger partial charge in [-0.15, -0.1) is 10.2 Å². The van der Waals surface area contributed by atoms with E-state index in [1.807, 2.05) is 0 Å². The fraction of sp³-hybridized carbons (Fsp3) is 0.167. The van der Waals surface area contributed by atoms with Crippen molar-refractivity contribution in [2.75, 3.05) is 0 Å². The highest BCUT2D eigenvalue weighted by Crippen LogP contribution is 2.10. The third-order valence-electron chi connectivity index (χ3n) is 1.23. The molecule has 0 spiro atoms. The van der Waals surface area contributed by atoms with Crippen molar-refractivity contribution in [3.05, 3.63) is 18.3 Å². The maximum Gasteiger partial charge on any atom is 0.283 e. The Labute approximate surface area is 62.5 Å².